The summed E-state index contributed by atoms with van der Waals surface area (Å²) in [5.41, 5.74) is 1.28. The van der Waals surface area contributed by atoms with Crippen LogP contribution in [0.15, 0.2) is 11.6 Å². The van der Waals surface area contributed by atoms with E-state index in [-0.39, 0.29) is 0 Å². The number of allylic oxidation sites excluding steroid dienone is 2. The first kappa shape index (κ1) is 9.23. The molecule has 1 heteroatoms. The Balaban J connectivity index is 3.63. The molecule has 0 bridgehead atoms. The third-order valence-corrected chi connectivity index (χ3v) is 1.57. The van der Waals surface area contributed by atoms with Crippen LogP contribution >= 0.6 is 0 Å². The van der Waals surface area contributed by atoms with Crippen LogP contribution in [-0.4, -0.2) is 0 Å². The molecule has 0 saturated heterocycles. The predicted molar refractivity (Wildman–Crippen MR) is 43.5 cm³/mol. The van der Waals surface area contributed by atoms with Crippen LogP contribution in [0.25, 0.3) is 0 Å². The monoisotopic (exact) mass is 137 g/mol. The number of hydrogen-bond donors (Lipinski definition) is 0. The minimum atomic E-state index is 1.02. The summed E-state index contributed by atoms with van der Waals surface area (Å²) in [5.74, 6) is 0. The topological polar surface area (TPSA) is 23.8 Å². The second-order valence-corrected chi connectivity index (χ2v) is 2.39. The normalized spacial score (nSPS) is 11.1. The SMILES string of the molecule is CCCC/C(=C/C#N)CC. The van der Waals surface area contributed by atoms with Gasteiger partial charge in [-0.15, -0.1) is 0 Å². The minimum absolute atomic E-state index is 1.02. The second-order valence-electron chi connectivity index (χ2n) is 2.39. The van der Waals surface area contributed by atoms with Crippen LogP contribution in [0.5, 0.6) is 0 Å². The maximum Gasteiger partial charge on any atom is 0.0911 e. The quantitative estimate of drug-likeness (QED) is 0.546. The largest absolute Gasteiger partial charge is 0.193 e. The van der Waals surface area contributed by atoms with Gasteiger partial charge in [-0.3, -0.25) is 0 Å². The van der Waals surface area contributed by atoms with E-state index in [1.54, 1.807) is 6.08 Å². The van der Waals surface area contributed by atoms with E-state index < -0.39 is 0 Å². The van der Waals surface area contributed by atoms with Gasteiger partial charge >= 0.3 is 0 Å². The lowest BCUT2D eigenvalue weighted by Gasteiger charge is -1.98. The summed E-state index contributed by atoms with van der Waals surface area (Å²) in [6, 6.07) is 2.07. The number of hydrogen-bond acceptors (Lipinski definition) is 1. The first-order valence-corrected chi connectivity index (χ1v) is 3.92. The van der Waals surface area contributed by atoms with Crippen LogP contribution in [0.2, 0.25) is 0 Å². The van der Waals surface area contributed by atoms with Gasteiger partial charge in [-0.05, 0) is 19.3 Å². The van der Waals surface area contributed by atoms with Gasteiger partial charge in [-0.1, -0.05) is 25.8 Å². The predicted octanol–water partition coefficient (Wildman–Crippen LogP) is 3.04. The highest BCUT2D eigenvalue weighted by atomic mass is 14.2. The molecule has 0 rings (SSSR count). The molecule has 0 spiro atoms. The first-order chi connectivity index (χ1) is 4.85. The molecule has 56 valence electrons. The molecular formula is C9H15N. The van der Waals surface area contributed by atoms with Crippen LogP contribution < -0.4 is 0 Å². The molecule has 0 amide bonds. The van der Waals surface area contributed by atoms with Gasteiger partial charge in [0.15, 0.2) is 0 Å². The number of unbranched alkanes of at least 4 members (excludes halogenated alkanes) is 1. The van der Waals surface area contributed by atoms with Crippen LogP contribution in [-0.2, 0) is 0 Å². The molecule has 1 nitrogen and oxygen atoms in total. The smallest absolute Gasteiger partial charge is 0.0911 e. The lowest BCUT2D eigenvalue weighted by molar-refractivity contribution is 0.767. The maximum atomic E-state index is 8.34. The van der Waals surface area contributed by atoms with Crippen molar-refractivity contribution in [1.82, 2.24) is 0 Å². The van der Waals surface area contributed by atoms with E-state index in [0.29, 0.717) is 0 Å². The van der Waals surface area contributed by atoms with Crippen molar-refractivity contribution in [3.8, 4) is 6.07 Å². The van der Waals surface area contributed by atoms with Crippen molar-refractivity contribution < 1.29 is 0 Å². The Bertz CT molecular complexity index is 139. The zero-order valence-electron chi connectivity index (χ0n) is 6.85. The summed E-state index contributed by atoms with van der Waals surface area (Å²) in [5, 5.41) is 8.34. The first-order valence-electron chi connectivity index (χ1n) is 3.92. The van der Waals surface area contributed by atoms with E-state index in [9.17, 15) is 0 Å². The highest BCUT2D eigenvalue weighted by molar-refractivity contribution is 5.12. The molecule has 0 aliphatic heterocycles. The summed E-state index contributed by atoms with van der Waals surface area (Å²) < 4.78 is 0. The second kappa shape index (κ2) is 6.35. The van der Waals surface area contributed by atoms with Gasteiger partial charge in [0, 0.05) is 6.08 Å². The fourth-order valence-corrected chi connectivity index (χ4v) is 0.846. The van der Waals surface area contributed by atoms with Crippen molar-refractivity contribution in [2.45, 2.75) is 39.5 Å². The van der Waals surface area contributed by atoms with Crippen molar-refractivity contribution in [2.75, 3.05) is 0 Å². The Morgan fingerprint density at radius 1 is 1.50 bits per heavy atom. The van der Waals surface area contributed by atoms with Crippen molar-refractivity contribution in [2.24, 2.45) is 0 Å². The van der Waals surface area contributed by atoms with E-state index in [1.807, 2.05) is 0 Å². The molecule has 0 aliphatic rings. The van der Waals surface area contributed by atoms with Crippen LogP contribution in [0, 0.1) is 11.3 Å². The van der Waals surface area contributed by atoms with E-state index in [1.165, 1.54) is 18.4 Å². The third-order valence-electron chi connectivity index (χ3n) is 1.57. The Hall–Kier alpha value is -0.770. The van der Waals surface area contributed by atoms with Gasteiger partial charge in [-0.25, -0.2) is 0 Å². The highest BCUT2D eigenvalue weighted by Crippen LogP contribution is 2.09. The summed E-state index contributed by atoms with van der Waals surface area (Å²) >= 11 is 0. The lowest BCUT2D eigenvalue weighted by atomic mass is 10.1. The fraction of sp³-hybridized carbons (Fsp3) is 0.667. The molecule has 0 heterocycles. The van der Waals surface area contributed by atoms with Gasteiger partial charge in [0.1, 0.15) is 0 Å². The van der Waals surface area contributed by atoms with Gasteiger partial charge in [0.05, 0.1) is 6.07 Å². The molecule has 0 unspecified atom stereocenters. The van der Waals surface area contributed by atoms with Crippen molar-refractivity contribution in [1.29, 1.82) is 5.26 Å². The van der Waals surface area contributed by atoms with Crippen molar-refractivity contribution in [3.63, 3.8) is 0 Å². The molecule has 0 atom stereocenters. The average Bonchev–Trinajstić information content (AvgIpc) is 1.98. The molecule has 0 N–H and O–H groups in total. The standard InChI is InChI=1S/C9H15N/c1-3-5-6-9(4-2)7-8-10/h7H,3-6H2,1-2H3/b9-7+. The zero-order chi connectivity index (χ0) is 7.82. The molecule has 0 aromatic heterocycles. The van der Waals surface area contributed by atoms with E-state index >= 15 is 0 Å². The molecule has 0 aromatic carbocycles. The minimum Gasteiger partial charge on any atom is -0.193 e. The van der Waals surface area contributed by atoms with Crippen LogP contribution in [0.4, 0.5) is 0 Å². The Morgan fingerprint density at radius 3 is 2.60 bits per heavy atom. The van der Waals surface area contributed by atoms with E-state index in [4.69, 9.17) is 5.26 Å². The summed E-state index contributed by atoms with van der Waals surface area (Å²) in [6.45, 7) is 4.26. The molecule has 0 aliphatic carbocycles. The van der Waals surface area contributed by atoms with E-state index in [2.05, 4.69) is 19.9 Å². The zero-order valence-corrected chi connectivity index (χ0v) is 6.85. The Morgan fingerprint density at radius 2 is 2.20 bits per heavy atom. The number of nitrogens with zero attached hydrogens (tertiary/aromatic N) is 1. The van der Waals surface area contributed by atoms with Gasteiger partial charge in [0.25, 0.3) is 0 Å². The molecule has 10 heavy (non-hydrogen) atoms. The molecule has 0 aromatic rings. The highest BCUT2D eigenvalue weighted by Gasteiger charge is 1.91. The van der Waals surface area contributed by atoms with Gasteiger partial charge in [-0.2, -0.15) is 5.26 Å². The number of rotatable bonds is 4. The van der Waals surface area contributed by atoms with Crippen LogP contribution in [0.3, 0.4) is 0 Å². The van der Waals surface area contributed by atoms with Gasteiger partial charge < -0.3 is 0 Å². The summed E-state index contributed by atoms with van der Waals surface area (Å²) in [7, 11) is 0. The third kappa shape index (κ3) is 4.14. The lowest BCUT2D eigenvalue weighted by Crippen LogP contribution is -1.80. The maximum absolute atomic E-state index is 8.34. The van der Waals surface area contributed by atoms with Crippen molar-refractivity contribution >= 4 is 0 Å². The summed E-state index contributed by atoms with van der Waals surface area (Å²) in [6.07, 6.45) is 6.22. The van der Waals surface area contributed by atoms with Crippen molar-refractivity contribution in [3.05, 3.63) is 11.6 Å². The molecule has 0 saturated carbocycles. The fourth-order valence-electron chi connectivity index (χ4n) is 0.846. The molecular weight excluding hydrogens is 122 g/mol. The Labute approximate surface area is 63.4 Å². The average molecular weight is 137 g/mol. The molecule has 0 fully saturated rings. The van der Waals surface area contributed by atoms with E-state index in [0.717, 1.165) is 12.8 Å². The van der Waals surface area contributed by atoms with Crippen LogP contribution in [0.1, 0.15) is 39.5 Å². The van der Waals surface area contributed by atoms with Gasteiger partial charge in [0.2, 0.25) is 0 Å². The molecule has 0 radical (unpaired) electrons. The Kier molecular flexibility index (Phi) is 5.86. The number of nitriles is 1. The summed E-state index contributed by atoms with van der Waals surface area (Å²) in [4.78, 5) is 0.